The van der Waals surface area contributed by atoms with E-state index >= 15 is 0 Å². The minimum absolute atomic E-state index is 0.239. The minimum Gasteiger partial charge on any atom is -0.359 e. The first-order valence-electron chi connectivity index (χ1n) is 10.5. The largest absolute Gasteiger partial charge is 0.359 e. The van der Waals surface area contributed by atoms with Crippen LogP contribution in [0.25, 0.3) is 0 Å². The lowest BCUT2D eigenvalue weighted by atomic mass is 10.1. The van der Waals surface area contributed by atoms with Gasteiger partial charge in [-0.3, -0.25) is 4.79 Å². The van der Waals surface area contributed by atoms with E-state index < -0.39 is 0 Å². The molecule has 0 aliphatic carbocycles. The number of aromatic nitrogens is 1. The molecule has 29 heavy (non-hydrogen) atoms. The van der Waals surface area contributed by atoms with Gasteiger partial charge >= 0.3 is 0 Å². The van der Waals surface area contributed by atoms with E-state index in [4.69, 9.17) is 4.52 Å². The van der Waals surface area contributed by atoms with Crippen molar-refractivity contribution < 1.29 is 9.32 Å². The molecule has 0 spiro atoms. The number of aliphatic imine (C=N–C) groups is 1. The zero-order chi connectivity index (χ0) is 20.5. The SMILES string of the molecule is CCNC(=NCc1cc(CC)no1)NCC1CC(=O)N(CCc2ccccc2)C1. The molecule has 1 unspecified atom stereocenters. The predicted molar refractivity (Wildman–Crippen MR) is 114 cm³/mol. The Hall–Kier alpha value is -2.83. The molecule has 1 aromatic carbocycles. The third-order valence-corrected chi connectivity index (χ3v) is 5.07. The summed E-state index contributed by atoms with van der Waals surface area (Å²) in [6.07, 6.45) is 2.33. The number of nitrogens with zero attached hydrogens (tertiary/aromatic N) is 3. The summed E-state index contributed by atoms with van der Waals surface area (Å²) in [5.41, 5.74) is 2.20. The Morgan fingerprint density at radius 2 is 2.10 bits per heavy atom. The highest BCUT2D eigenvalue weighted by Crippen LogP contribution is 2.17. The van der Waals surface area contributed by atoms with Crippen LogP contribution < -0.4 is 10.6 Å². The van der Waals surface area contributed by atoms with Crippen molar-refractivity contribution in [2.75, 3.05) is 26.2 Å². The predicted octanol–water partition coefficient (Wildman–Crippen LogP) is 2.38. The summed E-state index contributed by atoms with van der Waals surface area (Å²) in [6.45, 7) is 7.58. The fraction of sp³-hybridized carbons (Fsp3) is 0.500. The van der Waals surface area contributed by atoms with E-state index in [0.29, 0.717) is 18.9 Å². The Morgan fingerprint density at radius 1 is 1.28 bits per heavy atom. The second-order valence-corrected chi connectivity index (χ2v) is 7.36. The Labute approximate surface area is 172 Å². The number of rotatable bonds is 9. The van der Waals surface area contributed by atoms with Crippen LogP contribution in [0.2, 0.25) is 0 Å². The van der Waals surface area contributed by atoms with E-state index in [-0.39, 0.29) is 5.91 Å². The second-order valence-electron chi connectivity index (χ2n) is 7.36. The lowest BCUT2D eigenvalue weighted by molar-refractivity contribution is -0.127. The van der Waals surface area contributed by atoms with Gasteiger partial charge in [-0.25, -0.2) is 4.99 Å². The molecule has 1 amide bonds. The molecule has 1 aliphatic heterocycles. The third kappa shape index (κ3) is 6.34. The zero-order valence-electron chi connectivity index (χ0n) is 17.4. The quantitative estimate of drug-likeness (QED) is 0.501. The first-order valence-corrected chi connectivity index (χ1v) is 10.5. The molecule has 2 heterocycles. The number of carbonyl (C=O) groups is 1. The summed E-state index contributed by atoms with van der Waals surface area (Å²) >= 11 is 0. The number of likely N-dealkylation sites (tertiary alicyclic amines) is 1. The van der Waals surface area contributed by atoms with Crippen LogP contribution in [0, 0.1) is 5.92 Å². The van der Waals surface area contributed by atoms with Gasteiger partial charge in [0.2, 0.25) is 5.91 Å². The number of guanidine groups is 1. The van der Waals surface area contributed by atoms with Crippen molar-refractivity contribution in [3.05, 3.63) is 53.4 Å². The molecule has 156 valence electrons. The number of benzene rings is 1. The third-order valence-electron chi connectivity index (χ3n) is 5.07. The Balaban J connectivity index is 1.46. The fourth-order valence-corrected chi connectivity index (χ4v) is 3.45. The van der Waals surface area contributed by atoms with Gasteiger partial charge in [-0.2, -0.15) is 0 Å². The highest BCUT2D eigenvalue weighted by atomic mass is 16.5. The van der Waals surface area contributed by atoms with Gasteiger partial charge in [0.15, 0.2) is 11.7 Å². The summed E-state index contributed by atoms with van der Waals surface area (Å²) in [5, 5.41) is 10.6. The molecule has 1 saturated heterocycles. The van der Waals surface area contributed by atoms with Gasteiger partial charge < -0.3 is 20.1 Å². The summed E-state index contributed by atoms with van der Waals surface area (Å²) in [4.78, 5) is 18.9. The lowest BCUT2D eigenvalue weighted by Gasteiger charge is -2.17. The molecule has 3 rings (SSSR count). The molecule has 7 heteroatoms. The monoisotopic (exact) mass is 397 g/mol. The lowest BCUT2D eigenvalue weighted by Crippen LogP contribution is -2.40. The van der Waals surface area contributed by atoms with E-state index in [1.165, 1.54) is 5.56 Å². The maximum atomic E-state index is 12.4. The highest BCUT2D eigenvalue weighted by molar-refractivity contribution is 5.80. The number of hydrogen-bond acceptors (Lipinski definition) is 4. The standard InChI is InChI=1S/C22H31N5O2/c1-3-19-13-20(29-26-19)15-25-22(23-4-2)24-14-18-12-21(28)27(16-18)11-10-17-8-6-5-7-9-17/h5-9,13,18H,3-4,10-12,14-16H2,1-2H3,(H2,23,24,25). The average molecular weight is 398 g/mol. The summed E-state index contributed by atoms with van der Waals surface area (Å²) in [5.74, 6) is 2.02. The topological polar surface area (TPSA) is 82.8 Å². The van der Waals surface area contributed by atoms with Crippen LogP contribution in [-0.4, -0.2) is 48.1 Å². The Bertz CT molecular complexity index is 803. The minimum atomic E-state index is 0.239. The van der Waals surface area contributed by atoms with Gasteiger partial charge in [0.25, 0.3) is 0 Å². The maximum Gasteiger partial charge on any atom is 0.223 e. The van der Waals surface area contributed by atoms with Crippen LogP contribution in [-0.2, 0) is 24.2 Å². The van der Waals surface area contributed by atoms with Gasteiger partial charge in [0, 0.05) is 44.6 Å². The number of carbonyl (C=O) groups excluding carboxylic acids is 1. The summed E-state index contributed by atoms with van der Waals surface area (Å²) < 4.78 is 5.29. The first kappa shape index (κ1) is 20.9. The highest BCUT2D eigenvalue weighted by Gasteiger charge is 2.29. The average Bonchev–Trinajstić information content (AvgIpc) is 3.35. The second kappa shape index (κ2) is 10.6. The van der Waals surface area contributed by atoms with Crippen molar-refractivity contribution in [2.45, 2.75) is 39.7 Å². The number of aryl methyl sites for hydroxylation is 1. The molecule has 1 atom stereocenters. The smallest absolute Gasteiger partial charge is 0.223 e. The van der Waals surface area contributed by atoms with Gasteiger partial charge in [-0.1, -0.05) is 42.4 Å². The summed E-state index contributed by atoms with van der Waals surface area (Å²) in [6, 6.07) is 12.2. The van der Waals surface area contributed by atoms with Crippen LogP contribution in [0.4, 0.5) is 0 Å². The molecule has 7 nitrogen and oxygen atoms in total. The van der Waals surface area contributed by atoms with Crippen molar-refractivity contribution >= 4 is 11.9 Å². The van der Waals surface area contributed by atoms with Crippen LogP contribution in [0.5, 0.6) is 0 Å². The van der Waals surface area contributed by atoms with Crippen LogP contribution in [0.1, 0.15) is 37.3 Å². The molecule has 2 aromatic rings. The molecular weight excluding hydrogens is 366 g/mol. The van der Waals surface area contributed by atoms with Crippen LogP contribution in [0.15, 0.2) is 45.9 Å². The number of hydrogen-bond donors (Lipinski definition) is 2. The molecule has 0 bridgehead atoms. The number of nitrogens with one attached hydrogen (secondary N) is 2. The van der Waals surface area contributed by atoms with Crippen LogP contribution in [0.3, 0.4) is 0 Å². The number of amides is 1. The van der Waals surface area contributed by atoms with Crippen molar-refractivity contribution in [1.29, 1.82) is 0 Å². The molecule has 0 saturated carbocycles. The molecular formula is C22H31N5O2. The Morgan fingerprint density at radius 3 is 2.83 bits per heavy atom. The molecule has 1 fully saturated rings. The maximum absolute atomic E-state index is 12.4. The van der Waals surface area contributed by atoms with E-state index in [1.54, 1.807) is 0 Å². The van der Waals surface area contributed by atoms with Gasteiger partial charge in [0.1, 0.15) is 6.54 Å². The molecule has 1 aromatic heterocycles. The van der Waals surface area contributed by atoms with Gasteiger partial charge in [-0.05, 0) is 25.3 Å². The van der Waals surface area contributed by atoms with E-state index in [2.05, 4.69) is 32.9 Å². The van der Waals surface area contributed by atoms with Crippen LogP contribution >= 0.6 is 0 Å². The van der Waals surface area contributed by atoms with Crippen molar-refractivity contribution in [3.8, 4) is 0 Å². The van der Waals surface area contributed by atoms with Crippen molar-refractivity contribution in [1.82, 2.24) is 20.7 Å². The fourth-order valence-electron chi connectivity index (χ4n) is 3.45. The van der Waals surface area contributed by atoms with E-state index in [0.717, 1.165) is 56.4 Å². The van der Waals surface area contributed by atoms with E-state index in [1.807, 2.05) is 43.0 Å². The van der Waals surface area contributed by atoms with Gasteiger partial charge in [0.05, 0.1) is 5.69 Å². The molecule has 1 aliphatic rings. The molecule has 2 N–H and O–H groups in total. The van der Waals surface area contributed by atoms with Crippen molar-refractivity contribution in [2.24, 2.45) is 10.9 Å². The zero-order valence-corrected chi connectivity index (χ0v) is 17.4. The normalized spacial score (nSPS) is 17.0. The molecule has 0 radical (unpaired) electrons. The van der Waals surface area contributed by atoms with Crippen molar-refractivity contribution in [3.63, 3.8) is 0 Å². The van der Waals surface area contributed by atoms with E-state index in [9.17, 15) is 4.79 Å². The first-order chi connectivity index (χ1) is 14.2. The van der Waals surface area contributed by atoms with Gasteiger partial charge in [-0.15, -0.1) is 0 Å². The Kier molecular flexibility index (Phi) is 7.67. The summed E-state index contributed by atoms with van der Waals surface area (Å²) in [7, 11) is 0.